The van der Waals surface area contributed by atoms with E-state index in [2.05, 4.69) is 15.6 Å². The number of halogens is 3. The van der Waals surface area contributed by atoms with Crippen molar-refractivity contribution in [2.24, 2.45) is 16.6 Å². The van der Waals surface area contributed by atoms with E-state index in [1.165, 1.54) is 52.8 Å². The van der Waals surface area contributed by atoms with Crippen LogP contribution in [0.25, 0.3) is 0 Å². The number of benzene rings is 2. The topological polar surface area (TPSA) is 154 Å². The molecule has 1 unspecified atom stereocenters. The SMILES string of the molecule is CN=CC(NC(=O)/C(N)=C/N(N)CCNC(=O)c1ccc(OC)c(OC)c1OC)c1ccc(C(F)(F)F)cc1. The normalized spacial score (nSPS) is 12.6. The number of carbonyl (C=O) groups excluding carboxylic acids is 2. The minimum atomic E-state index is -4.49. The Hall–Kier alpha value is -4.46. The van der Waals surface area contributed by atoms with Crippen LogP contribution in [-0.4, -0.2) is 64.5 Å². The third-order valence-electron chi connectivity index (χ3n) is 5.35. The van der Waals surface area contributed by atoms with Gasteiger partial charge in [-0.3, -0.25) is 14.6 Å². The third kappa shape index (κ3) is 8.26. The predicted molar refractivity (Wildman–Crippen MR) is 138 cm³/mol. The molecule has 2 rings (SSSR count). The van der Waals surface area contributed by atoms with Crippen LogP contribution in [0.5, 0.6) is 17.2 Å². The fraction of sp³-hybridized carbons (Fsp3) is 0.320. The Bertz CT molecular complexity index is 1200. The maximum absolute atomic E-state index is 12.8. The van der Waals surface area contributed by atoms with Crippen molar-refractivity contribution in [1.29, 1.82) is 0 Å². The highest BCUT2D eigenvalue weighted by atomic mass is 19.4. The van der Waals surface area contributed by atoms with Crippen molar-refractivity contribution in [3.63, 3.8) is 0 Å². The van der Waals surface area contributed by atoms with E-state index in [0.717, 1.165) is 23.3 Å². The molecule has 0 radical (unpaired) electrons. The van der Waals surface area contributed by atoms with Gasteiger partial charge in [0, 0.05) is 26.0 Å². The maximum Gasteiger partial charge on any atom is 0.416 e. The number of hydrazine groups is 1. The average molecular weight is 553 g/mol. The first-order valence-electron chi connectivity index (χ1n) is 11.4. The highest BCUT2D eigenvalue weighted by Gasteiger charge is 2.30. The summed E-state index contributed by atoms with van der Waals surface area (Å²) in [6, 6.07) is 6.54. The van der Waals surface area contributed by atoms with Crippen LogP contribution in [0, 0.1) is 0 Å². The van der Waals surface area contributed by atoms with E-state index >= 15 is 0 Å². The van der Waals surface area contributed by atoms with E-state index in [9.17, 15) is 22.8 Å². The Morgan fingerprint density at radius 2 is 1.69 bits per heavy atom. The standard InChI is InChI=1S/C25H31F3N6O5/c1-31-13-19(15-5-7-16(8-6-15)25(26,27)28)33-24(36)18(29)14-34(30)12-11-32-23(35)17-9-10-20(37-2)22(39-4)21(17)38-3/h5-10,13-14,19H,11-12,29-30H2,1-4H3,(H,32,35)(H,33,36)/b18-14-,31-13?. The van der Waals surface area contributed by atoms with Crippen LogP contribution in [-0.2, 0) is 11.0 Å². The number of nitrogens with one attached hydrogen (secondary N) is 2. The van der Waals surface area contributed by atoms with Crippen molar-refractivity contribution in [2.75, 3.05) is 41.5 Å². The van der Waals surface area contributed by atoms with E-state index in [1.807, 2.05) is 0 Å². The molecule has 0 spiro atoms. The lowest BCUT2D eigenvalue weighted by Gasteiger charge is -2.18. The molecule has 2 aromatic rings. The number of amides is 2. The van der Waals surface area contributed by atoms with Crippen molar-refractivity contribution >= 4 is 18.0 Å². The number of nitrogens with two attached hydrogens (primary N) is 2. The molecule has 0 saturated heterocycles. The van der Waals surface area contributed by atoms with Gasteiger partial charge in [0.15, 0.2) is 11.5 Å². The van der Waals surface area contributed by atoms with Crippen LogP contribution < -0.4 is 36.4 Å². The van der Waals surface area contributed by atoms with Crippen LogP contribution in [0.4, 0.5) is 13.2 Å². The molecule has 6 N–H and O–H groups in total. The number of nitrogens with zero attached hydrogens (tertiary/aromatic N) is 2. The Labute approximate surface area is 223 Å². The number of carbonyl (C=O) groups is 2. The lowest BCUT2D eigenvalue weighted by molar-refractivity contribution is -0.137. The number of aliphatic imine (C=N–C) groups is 1. The summed E-state index contributed by atoms with van der Waals surface area (Å²) in [5.74, 6) is 5.54. The van der Waals surface area contributed by atoms with Gasteiger partial charge in [-0.2, -0.15) is 13.2 Å². The molecule has 0 aliphatic carbocycles. The minimum absolute atomic E-state index is 0.0775. The average Bonchev–Trinajstić information content (AvgIpc) is 2.91. The fourth-order valence-electron chi connectivity index (χ4n) is 3.44. The number of methoxy groups -OCH3 is 3. The van der Waals surface area contributed by atoms with E-state index in [4.69, 9.17) is 25.8 Å². The second-order valence-electron chi connectivity index (χ2n) is 7.94. The predicted octanol–water partition coefficient (Wildman–Crippen LogP) is 1.99. The number of rotatable bonds is 12. The summed E-state index contributed by atoms with van der Waals surface area (Å²) < 4.78 is 54.3. The molecule has 0 aromatic heterocycles. The van der Waals surface area contributed by atoms with Crippen LogP contribution in [0.3, 0.4) is 0 Å². The Morgan fingerprint density at radius 3 is 2.23 bits per heavy atom. The summed E-state index contributed by atoms with van der Waals surface area (Å²) in [5, 5.41) is 6.35. The zero-order valence-electron chi connectivity index (χ0n) is 21.8. The largest absolute Gasteiger partial charge is 0.493 e. The summed E-state index contributed by atoms with van der Waals surface area (Å²) in [4.78, 5) is 29.1. The second kappa shape index (κ2) is 13.9. The molecule has 0 fully saturated rings. The van der Waals surface area contributed by atoms with Gasteiger partial charge in [0.1, 0.15) is 5.70 Å². The van der Waals surface area contributed by atoms with E-state index < -0.39 is 29.6 Å². The van der Waals surface area contributed by atoms with Gasteiger partial charge in [0.05, 0.1) is 45.0 Å². The van der Waals surface area contributed by atoms with Gasteiger partial charge >= 0.3 is 6.18 Å². The third-order valence-corrected chi connectivity index (χ3v) is 5.35. The lowest BCUT2D eigenvalue weighted by atomic mass is 10.1. The number of ether oxygens (including phenoxy) is 3. The van der Waals surface area contributed by atoms with Crippen molar-refractivity contribution < 1.29 is 37.0 Å². The molecular weight excluding hydrogens is 521 g/mol. The van der Waals surface area contributed by atoms with Gasteiger partial charge in [0.2, 0.25) is 5.75 Å². The molecule has 0 aliphatic rings. The molecule has 11 nitrogen and oxygen atoms in total. The van der Waals surface area contributed by atoms with Crippen LogP contribution >= 0.6 is 0 Å². The van der Waals surface area contributed by atoms with Gasteiger partial charge in [-0.1, -0.05) is 12.1 Å². The van der Waals surface area contributed by atoms with Crippen LogP contribution in [0.1, 0.15) is 27.5 Å². The molecule has 2 amide bonds. The lowest BCUT2D eigenvalue weighted by Crippen LogP contribution is -2.38. The number of alkyl halides is 3. The molecule has 212 valence electrons. The van der Waals surface area contributed by atoms with Crippen molar-refractivity contribution in [2.45, 2.75) is 12.2 Å². The molecular formula is C25H31F3N6O5. The first-order chi connectivity index (χ1) is 18.5. The molecule has 0 heterocycles. The minimum Gasteiger partial charge on any atom is -0.493 e. The molecule has 1 atom stereocenters. The van der Waals surface area contributed by atoms with Crippen LogP contribution in [0.2, 0.25) is 0 Å². The highest BCUT2D eigenvalue weighted by Crippen LogP contribution is 2.39. The summed E-state index contributed by atoms with van der Waals surface area (Å²) >= 11 is 0. The van der Waals surface area contributed by atoms with Crippen molar-refractivity contribution in [3.8, 4) is 17.2 Å². The number of hydrogen-bond donors (Lipinski definition) is 4. The summed E-state index contributed by atoms with van der Waals surface area (Å²) in [7, 11) is 5.72. The van der Waals surface area contributed by atoms with Gasteiger partial charge in [-0.05, 0) is 29.8 Å². The van der Waals surface area contributed by atoms with Crippen LogP contribution in [0.15, 0.2) is 53.3 Å². The molecule has 0 saturated carbocycles. The first kappa shape index (κ1) is 30.8. The van der Waals surface area contributed by atoms with E-state index in [1.54, 1.807) is 6.07 Å². The quantitative estimate of drug-likeness (QED) is 0.135. The Kier molecular flexibility index (Phi) is 11.0. The van der Waals surface area contributed by atoms with Crippen molar-refractivity contribution in [3.05, 3.63) is 65.0 Å². The molecule has 2 aromatic carbocycles. The van der Waals surface area contributed by atoms with Crippen molar-refractivity contribution in [1.82, 2.24) is 15.6 Å². The zero-order valence-corrected chi connectivity index (χ0v) is 21.8. The Morgan fingerprint density at radius 1 is 1.05 bits per heavy atom. The molecule has 0 bridgehead atoms. The maximum atomic E-state index is 12.8. The smallest absolute Gasteiger partial charge is 0.416 e. The molecule has 14 heteroatoms. The van der Waals surface area contributed by atoms with Gasteiger partial charge in [0.25, 0.3) is 11.8 Å². The highest BCUT2D eigenvalue weighted by molar-refractivity contribution is 5.98. The fourth-order valence-corrected chi connectivity index (χ4v) is 3.44. The Balaban J connectivity index is 2.00. The summed E-state index contributed by atoms with van der Waals surface area (Å²) in [5.41, 5.74) is 5.33. The first-order valence-corrected chi connectivity index (χ1v) is 11.4. The summed E-state index contributed by atoms with van der Waals surface area (Å²) in [6.07, 6.45) is -1.97. The van der Waals surface area contributed by atoms with Gasteiger partial charge < -0.3 is 35.6 Å². The van der Waals surface area contributed by atoms with Gasteiger partial charge in [-0.25, -0.2) is 5.84 Å². The van der Waals surface area contributed by atoms with E-state index in [0.29, 0.717) is 11.3 Å². The monoisotopic (exact) mass is 552 g/mol. The van der Waals surface area contributed by atoms with E-state index in [-0.39, 0.29) is 35.8 Å². The molecule has 39 heavy (non-hydrogen) atoms. The summed E-state index contributed by atoms with van der Waals surface area (Å²) in [6.45, 7) is 0.156. The second-order valence-corrected chi connectivity index (χ2v) is 7.94. The zero-order chi connectivity index (χ0) is 29.2. The van der Waals surface area contributed by atoms with Gasteiger partial charge in [-0.15, -0.1) is 0 Å². The molecule has 0 aliphatic heterocycles. The number of hydrogen-bond acceptors (Lipinski definition) is 9.